The van der Waals surface area contributed by atoms with Crippen LogP contribution in [0, 0.1) is 0 Å². The van der Waals surface area contributed by atoms with E-state index in [1.54, 1.807) is 0 Å². The summed E-state index contributed by atoms with van der Waals surface area (Å²) >= 11 is 0. The van der Waals surface area contributed by atoms with E-state index in [1.165, 1.54) is 5.69 Å². The zero-order valence-electron chi connectivity index (χ0n) is 14.7. The van der Waals surface area contributed by atoms with Gasteiger partial charge in [0.25, 0.3) is 0 Å². The molecule has 6 heteroatoms. The van der Waals surface area contributed by atoms with Crippen molar-refractivity contribution >= 4 is 16.7 Å². The number of H-pyrrole nitrogens is 1. The molecule has 6 nitrogen and oxygen atoms in total. The fraction of sp³-hybridized carbons (Fsp3) is 0.368. The van der Waals surface area contributed by atoms with Crippen molar-refractivity contribution in [3.8, 4) is 11.3 Å². The van der Waals surface area contributed by atoms with E-state index in [1.807, 2.05) is 18.5 Å². The molecule has 0 amide bonds. The molecule has 4 heterocycles. The zero-order valence-corrected chi connectivity index (χ0v) is 14.7. The van der Waals surface area contributed by atoms with Gasteiger partial charge in [0.05, 0.1) is 30.3 Å². The van der Waals surface area contributed by atoms with E-state index in [2.05, 4.69) is 52.1 Å². The van der Waals surface area contributed by atoms with E-state index in [-0.39, 0.29) is 0 Å². The Morgan fingerprint density at radius 3 is 2.84 bits per heavy atom. The molecule has 1 aliphatic heterocycles. The van der Waals surface area contributed by atoms with Crippen molar-refractivity contribution in [1.82, 2.24) is 19.9 Å². The lowest BCUT2D eigenvalue weighted by atomic mass is 10.1. The third-order valence-corrected chi connectivity index (χ3v) is 4.46. The lowest BCUT2D eigenvalue weighted by Crippen LogP contribution is -2.37. The predicted octanol–water partition coefficient (Wildman–Crippen LogP) is 2.52. The SMILES string of the molecule is CN(C)Cc1nc(-c2cnc3[nH]ccc3c2)ccc1N1CCOCC1. The molecule has 0 unspecified atom stereocenters. The average Bonchev–Trinajstić information content (AvgIpc) is 3.09. The van der Waals surface area contributed by atoms with Crippen LogP contribution in [0.2, 0.25) is 0 Å². The molecule has 1 saturated heterocycles. The van der Waals surface area contributed by atoms with Crippen molar-refractivity contribution in [1.29, 1.82) is 0 Å². The summed E-state index contributed by atoms with van der Waals surface area (Å²) in [6, 6.07) is 8.46. The third kappa shape index (κ3) is 3.36. The van der Waals surface area contributed by atoms with Crippen LogP contribution >= 0.6 is 0 Å². The molecule has 0 spiro atoms. The Hall–Kier alpha value is -2.44. The number of aromatic nitrogens is 3. The number of nitrogens with zero attached hydrogens (tertiary/aromatic N) is 4. The predicted molar refractivity (Wildman–Crippen MR) is 99.7 cm³/mol. The largest absolute Gasteiger partial charge is 0.378 e. The summed E-state index contributed by atoms with van der Waals surface area (Å²) in [7, 11) is 4.15. The summed E-state index contributed by atoms with van der Waals surface area (Å²) in [6.07, 6.45) is 3.79. The molecule has 1 fully saturated rings. The van der Waals surface area contributed by atoms with Crippen LogP contribution in [0.5, 0.6) is 0 Å². The maximum absolute atomic E-state index is 5.48. The van der Waals surface area contributed by atoms with Crippen LogP contribution in [0.3, 0.4) is 0 Å². The Morgan fingerprint density at radius 2 is 2.04 bits per heavy atom. The lowest BCUT2D eigenvalue weighted by molar-refractivity contribution is 0.122. The van der Waals surface area contributed by atoms with Crippen LogP contribution in [0.15, 0.2) is 36.7 Å². The summed E-state index contributed by atoms with van der Waals surface area (Å²) in [4.78, 5) is 17.1. The summed E-state index contributed by atoms with van der Waals surface area (Å²) in [5.41, 5.74) is 5.21. The Bertz CT molecular complexity index is 867. The molecule has 1 N–H and O–H groups in total. The molecule has 3 aromatic heterocycles. The fourth-order valence-electron chi connectivity index (χ4n) is 3.24. The number of aromatic amines is 1. The first-order valence-electron chi connectivity index (χ1n) is 8.61. The van der Waals surface area contributed by atoms with Crippen LogP contribution < -0.4 is 4.90 Å². The molecule has 3 aromatic rings. The van der Waals surface area contributed by atoms with Gasteiger partial charge in [0, 0.05) is 43.0 Å². The summed E-state index contributed by atoms with van der Waals surface area (Å²) in [5, 5.41) is 1.10. The molecule has 0 bridgehead atoms. The summed E-state index contributed by atoms with van der Waals surface area (Å²) in [6.45, 7) is 4.19. The third-order valence-electron chi connectivity index (χ3n) is 4.46. The molecular formula is C19H23N5O. The first-order valence-corrected chi connectivity index (χ1v) is 8.61. The van der Waals surface area contributed by atoms with Crippen LogP contribution in [0.25, 0.3) is 22.3 Å². The van der Waals surface area contributed by atoms with Crippen LogP contribution in [0.4, 0.5) is 5.69 Å². The lowest BCUT2D eigenvalue weighted by Gasteiger charge is -2.31. The highest BCUT2D eigenvalue weighted by molar-refractivity contribution is 5.80. The molecule has 130 valence electrons. The fourth-order valence-corrected chi connectivity index (χ4v) is 3.24. The molecule has 0 atom stereocenters. The normalized spacial score (nSPS) is 15.2. The molecule has 0 aliphatic carbocycles. The van der Waals surface area contributed by atoms with Gasteiger partial charge in [0.15, 0.2) is 0 Å². The maximum atomic E-state index is 5.48. The number of rotatable bonds is 4. The van der Waals surface area contributed by atoms with Gasteiger partial charge in [-0.25, -0.2) is 9.97 Å². The minimum absolute atomic E-state index is 0.775. The number of anilines is 1. The topological polar surface area (TPSA) is 57.3 Å². The second kappa shape index (κ2) is 6.82. The Balaban J connectivity index is 1.73. The number of morpholine rings is 1. The van der Waals surface area contributed by atoms with Gasteiger partial charge in [-0.1, -0.05) is 0 Å². The highest BCUT2D eigenvalue weighted by Crippen LogP contribution is 2.27. The molecule has 0 radical (unpaired) electrons. The van der Waals surface area contributed by atoms with Crippen LogP contribution in [-0.4, -0.2) is 60.3 Å². The second-order valence-electron chi connectivity index (χ2n) is 6.64. The van der Waals surface area contributed by atoms with E-state index in [0.717, 1.165) is 60.8 Å². The van der Waals surface area contributed by atoms with Gasteiger partial charge in [0.1, 0.15) is 5.65 Å². The quantitative estimate of drug-likeness (QED) is 0.793. The number of pyridine rings is 2. The van der Waals surface area contributed by atoms with Crippen molar-refractivity contribution in [2.24, 2.45) is 0 Å². The van der Waals surface area contributed by atoms with Crippen molar-refractivity contribution in [3.05, 3.63) is 42.4 Å². The first kappa shape index (κ1) is 16.1. The average molecular weight is 337 g/mol. The number of ether oxygens (including phenoxy) is 1. The molecule has 25 heavy (non-hydrogen) atoms. The van der Waals surface area contributed by atoms with Gasteiger partial charge in [0.2, 0.25) is 0 Å². The zero-order chi connectivity index (χ0) is 17.2. The van der Waals surface area contributed by atoms with Crippen molar-refractivity contribution < 1.29 is 4.74 Å². The summed E-state index contributed by atoms with van der Waals surface area (Å²) < 4.78 is 5.48. The molecule has 0 aromatic carbocycles. The smallest absolute Gasteiger partial charge is 0.137 e. The maximum Gasteiger partial charge on any atom is 0.137 e. The second-order valence-corrected chi connectivity index (χ2v) is 6.64. The van der Waals surface area contributed by atoms with Gasteiger partial charge in [-0.15, -0.1) is 0 Å². The van der Waals surface area contributed by atoms with Crippen LogP contribution in [-0.2, 0) is 11.3 Å². The number of hydrogen-bond donors (Lipinski definition) is 1. The van der Waals surface area contributed by atoms with E-state index < -0.39 is 0 Å². The number of hydrogen-bond acceptors (Lipinski definition) is 5. The minimum atomic E-state index is 0.775. The molecule has 4 rings (SSSR count). The standard InChI is InChI=1S/C19H23N5O/c1-23(2)13-17-18(24-7-9-25-10-8-24)4-3-16(22-17)15-11-14-5-6-20-19(14)21-12-15/h3-6,11-12H,7-10,13H2,1-2H3,(H,20,21). The molecule has 0 saturated carbocycles. The number of fused-ring (bicyclic) bond motifs is 1. The molecule has 1 aliphatic rings. The Kier molecular flexibility index (Phi) is 4.38. The van der Waals surface area contributed by atoms with Gasteiger partial charge < -0.3 is 19.5 Å². The van der Waals surface area contributed by atoms with Gasteiger partial charge in [-0.2, -0.15) is 0 Å². The minimum Gasteiger partial charge on any atom is -0.378 e. The van der Waals surface area contributed by atoms with Gasteiger partial charge in [-0.05, 0) is 38.4 Å². The van der Waals surface area contributed by atoms with E-state index in [9.17, 15) is 0 Å². The van der Waals surface area contributed by atoms with Crippen molar-refractivity contribution in [2.45, 2.75) is 6.54 Å². The Morgan fingerprint density at radius 1 is 1.20 bits per heavy atom. The Labute approximate surface area is 147 Å². The monoisotopic (exact) mass is 337 g/mol. The van der Waals surface area contributed by atoms with Gasteiger partial charge in [-0.3, -0.25) is 0 Å². The highest BCUT2D eigenvalue weighted by Gasteiger charge is 2.17. The first-order chi connectivity index (χ1) is 12.2. The van der Waals surface area contributed by atoms with Crippen molar-refractivity contribution in [2.75, 3.05) is 45.3 Å². The van der Waals surface area contributed by atoms with Crippen molar-refractivity contribution in [3.63, 3.8) is 0 Å². The van der Waals surface area contributed by atoms with Crippen LogP contribution in [0.1, 0.15) is 5.69 Å². The summed E-state index contributed by atoms with van der Waals surface area (Å²) in [5.74, 6) is 0. The van der Waals surface area contributed by atoms with Gasteiger partial charge >= 0.3 is 0 Å². The van der Waals surface area contributed by atoms with E-state index in [0.29, 0.717) is 0 Å². The highest BCUT2D eigenvalue weighted by atomic mass is 16.5. The molecular weight excluding hydrogens is 314 g/mol. The van der Waals surface area contributed by atoms with E-state index in [4.69, 9.17) is 9.72 Å². The number of nitrogens with one attached hydrogen (secondary N) is 1. The van der Waals surface area contributed by atoms with E-state index >= 15 is 0 Å².